The van der Waals surface area contributed by atoms with E-state index in [4.69, 9.17) is 9.29 Å². The minimum Gasteiger partial charge on any atom is -0.465 e. The van der Waals surface area contributed by atoms with Crippen molar-refractivity contribution in [1.82, 2.24) is 4.90 Å². The summed E-state index contributed by atoms with van der Waals surface area (Å²) in [6, 6.07) is 6.46. The van der Waals surface area contributed by atoms with Crippen LogP contribution in [0.3, 0.4) is 0 Å². The molecule has 2 rings (SSSR count). The van der Waals surface area contributed by atoms with Gasteiger partial charge in [-0.1, -0.05) is 17.7 Å². The zero-order chi connectivity index (χ0) is 16.2. The number of likely N-dealkylation sites (tertiary alicyclic amines) is 1. The average molecular weight is 327 g/mol. The number of carboxylic acid groups (broad SMARTS) is 1. The Morgan fingerprint density at radius 1 is 1.36 bits per heavy atom. The molecule has 0 aliphatic carbocycles. The number of amides is 1. The molecule has 0 unspecified atom stereocenters. The van der Waals surface area contributed by atoms with Gasteiger partial charge < -0.3 is 10.0 Å². The maximum Gasteiger partial charge on any atom is 0.407 e. The predicted octanol–water partition coefficient (Wildman–Crippen LogP) is 2.62. The van der Waals surface area contributed by atoms with Gasteiger partial charge in [0.2, 0.25) is 0 Å². The Balaban J connectivity index is 1.81. The molecule has 7 heteroatoms. The number of rotatable bonds is 6. The van der Waals surface area contributed by atoms with E-state index in [1.54, 1.807) is 12.1 Å². The van der Waals surface area contributed by atoms with E-state index < -0.39 is 16.2 Å². The van der Waals surface area contributed by atoms with Crippen LogP contribution >= 0.6 is 0 Å². The number of nitrogens with zero attached hydrogens (tertiary/aromatic N) is 1. The number of aryl methyl sites for hydroxylation is 1. The quantitative estimate of drug-likeness (QED) is 0.641. The third-order valence-corrected chi connectivity index (χ3v) is 5.18. The summed E-state index contributed by atoms with van der Waals surface area (Å²) in [4.78, 5) is 12.6. The standard InChI is InChI=1S/C15H21NO5S/c1-12-6-8-14(9-7-12)22(19,20)21-11-3-5-13-4-2-10-16(13)15(17)18/h6-9,13H,2-5,10-11H2,1H3,(H,17,18)/t13-/m0/s1. The van der Waals surface area contributed by atoms with Gasteiger partial charge in [-0.3, -0.25) is 4.18 Å². The van der Waals surface area contributed by atoms with Gasteiger partial charge in [-0.05, 0) is 44.7 Å². The highest BCUT2D eigenvalue weighted by atomic mass is 32.2. The first-order chi connectivity index (χ1) is 10.4. The highest BCUT2D eigenvalue weighted by Gasteiger charge is 2.27. The molecule has 1 atom stereocenters. The van der Waals surface area contributed by atoms with Gasteiger partial charge in [0.25, 0.3) is 10.1 Å². The molecule has 0 aromatic heterocycles. The van der Waals surface area contributed by atoms with Crippen molar-refractivity contribution in [1.29, 1.82) is 0 Å². The molecule has 122 valence electrons. The second kappa shape index (κ2) is 7.11. The molecule has 1 heterocycles. The number of hydrogen-bond donors (Lipinski definition) is 1. The van der Waals surface area contributed by atoms with Crippen LogP contribution in [-0.4, -0.2) is 43.7 Å². The lowest BCUT2D eigenvalue weighted by atomic mass is 10.1. The maximum atomic E-state index is 12.0. The molecule has 1 aromatic rings. The Labute approximate surface area is 130 Å². The van der Waals surface area contributed by atoms with E-state index in [2.05, 4.69) is 0 Å². The van der Waals surface area contributed by atoms with Gasteiger partial charge in [-0.2, -0.15) is 8.42 Å². The lowest BCUT2D eigenvalue weighted by Gasteiger charge is -2.21. The predicted molar refractivity (Wildman–Crippen MR) is 81.3 cm³/mol. The summed E-state index contributed by atoms with van der Waals surface area (Å²) in [6.45, 7) is 2.51. The topological polar surface area (TPSA) is 83.9 Å². The summed E-state index contributed by atoms with van der Waals surface area (Å²) in [6.07, 6.45) is 1.92. The second-order valence-electron chi connectivity index (χ2n) is 5.50. The van der Waals surface area contributed by atoms with Crippen molar-refractivity contribution >= 4 is 16.2 Å². The molecule has 1 aliphatic rings. The first kappa shape index (κ1) is 16.8. The number of carbonyl (C=O) groups is 1. The van der Waals surface area contributed by atoms with Crippen molar-refractivity contribution in [3.05, 3.63) is 29.8 Å². The summed E-state index contributed by atoms with van der Waals surface area (Å²) in [5, 5.41) is 9.04. The van der Waals surface area contributed by atoms with Crippen molar-refractivity contribution in [2.45, 2.75) is 43.5 Å². The molecule has 0 radical (unpaired) electrons. The van der Waals surface area contributed by atoms with E-state index in [0.29, 0.717) is 19.4 Å². The third kappa shape index (κ3) is 4.20. The molecule has 1 aliphatic heterocycles. The molecule has 0 bridgehead atoms. The largest absolute Gasteiger partial charge is 0.465 e. The van der Waals surface area contributed by atoms with E-state index in [1.807, 2.05) is 6.92 Å². The van der Waals surface area contributed by atoms with Crippen molar-refractivity contribution in [2.75, 3.05) is 13.2 Å². The Morgan fingerprint density at radius 3 is 2.68 bits per heavy atom. The molecule has 1 aromatic carbocycles. The van der Waals surface area contributed by atoms with E-state index >= 15 is 0 Å². The van der Waals surface area contributed by atoms with Crippen LogP contribution in [0.25, 0.3) is 0 Å². The summed E-state index contributed by atoms with van der Waals surface area (Å²) < 4.78 is 29.0. The first-order valence-corrected chi connectivity index (χ1v) is 8.76. The maximum absolute atomic E-state index is 12.0. The monoisotopic (exact) mass is 327 g/mol. The Morgan fingerprint density at radius 2 is 2.05 bits per heavy atom. The van der Waals surface area contributed by atoms with Gasteiger partial charge in [-0.25, -0.2) is 4.79 Å². The van der Waals surface area contributed by atoms with Crippen molar-refractivity contribution in [2.24, 2.45) is 0 Å². The fraction of sp³-hybridized carbons (Fsp3) is 0.533. The van der Waals surface area contributed by atoms with Crippen LogP contribution in [-0.2, 0) is 14.3 Å². The molecule has 22 heavy (non-hydrogen) atoms. The van der Waals surface area contributed by atoms with Crippen molar-refractivity contribution in [3.63, 3.8) is 0 Å². The highest BCUT2D eigenvalue weighted by molar-refractivity contribution is 7.86. The molecule has 0 saturated carbocycles. The van der Waals surface area contributed by atoms with E-state index in [0.717, 1.165) is 18.4 Å². The molecular weight excluding hydrogens is 306 g/mol. The van der Waals surface area contributed by atoms with Gasteiger partial charge in [0.05, 0.1) is 11.5 Å². The van der Waals surface area contributed by atoms with Gasteiger partial charge in [0.15, 0.2) is 0 Å². The van der Waals surface area contributed by atoms with Gasteiger partial charge >= 0.3 is 6.09 Å². The van der Waals surface area contributed by atoms with Gasteiger partial charge in [0, 0.05) is 12.6 Å². The number of hydrogen-bond acceptors (Lipinski definition) is 4. The van der Waals surface area contributed by atoms with E-state index in [9.17, 15) is 13.2 Å². The Bertz CT molecular complexity index is 611. The lowest BCUT2D eigenvalue weighted by Crippen LogP contribution is -2.34. The zero-order valence-electron chi connectivity index (χ0n) is 12.6. The minimum absolute atomic E-state index is 0.0248. The highest BCUT2D eigenvalue weighted by Crippen LogP contribution is 2.22. The molecule has 0 spiro atoms. The second-order valence-corrected chi connectivity index (χ2v) is 7.12. The van der Waals surface area contributed by atoms with Crippen molar-refractivity contribution < 1.29 is 22.5 Å². The summed E-state index contributed by atoms with van der Waals surface area (Å²) in [5.74, 6) is 0. The number of benzene rings is 1. The van der Waals surface area contributed by atoms with E-state index in [1.165, 1.54) is 17.0 Å². The van der Waals surface area contributed by atoms with Crippen LogP contribution in [0.4, 0.5) is 4.79 Å². The third-order valence-electron chi connectivity index (χ3n) is 3.85. The smallest absolute Gasteiger partial charge is 0.407 e. The molecule has 1 fully saturated rings. The molecule has 1 N–H and O–H groups in total. The van der Waals surface area contributed by atoms with Crippen LogP contribution in [0.5, 0.6) is 0 Å². The van der Waals surface area contributed by atoms with Gasteiger partial charge in [0.1, 0.15) is 0 Å². The Hall–Kier alpha value is -1.60. The SMILES string of the molecule is Cc1ccc(S(=O)(=O)OCCC[C@@H]2CCCN2C(=O)O)cc1. The average Bonchev–Trinajstić information content (AvgIpc) is 2.93. The van der Waals surface area contributed by atoms with Gasteiger partial charge in [-0.15, -0.1) is 0 Å². The minimum atomic E-state index is -3.73. The van der Waals surface area contributed by atoms with Crippen molar-refractivity contribution in [3.8, 4) is 0 Å². The summed E-state index contributed by atoms with van der Waals surface area (Å²) in [5.41, 5.74) is 0.981. The molecule has 1 saturated heterocycles. The normalized spacial score (nSPS) is 18.6. The van der Waals surface area contributed by atoms with Crippen LogP contribution in [0.15, 0.2) is 29.2 Å². The molecular formula is C15H21NO5S. The van der Waals surface area contributed by atoms with Crippen LogP contribution in [0.1, 0.15) is 31.2 Å². The lowest BCUT2D eigenvalue weighted by molar-refractivity contribution is 0.136. The fourth-order valence-electron chi connectivity index (χ4n) is 2.65. The molecule has 6 nitrogen and oxygen atoms in total. The van der Waals surface area contributed by atoms with E-state index in [-0.39, 0.29) is 17.5 Å². The summed E-state index contributed by atoms with van der Waals surface area (Å²) in [7, 11) is -3.73. The Kier molecular flexibility index (Phi) is 5.42. The van der Waals surface area contributed by atoms with Crippen LogP contribution in [0, 0.1) is 6.92 Å². The zero-order valence-corrected chi connectivity index (χ0v) is 13.4. The molecule has 1 amide bonds. The van der Waals surface area contributed by atoms with Crippen LogP contribution < -0.4 is 0 Å². The fourth-order valence-corrected chi connectivity index (χ4v) is 3.59. The van der Waals surface area contributed by atoms with Crippen LogP contribution in [0.2, 0.25) is 0 Å². The summed E-state index contributed by atoms with van der Waals surface area (Å²) >= 11 is 0. The first-order valence-electron chi connectivity index (χ1n) is 7.36.